The van der Waals surface area contributed by atoms with Crippen molar-refractivity contribution in [2.45, 2.75) is 44.6 Å². The Hall–Kier alpha value is -1.42. The molecule has 1 unspecified atom stereocenters. The topological polar surface area (TPSA) is 41.1 Å². The molecule has 3 atom stereocenters. The second-order valence-corrected chi connectivity index (χ2v) is 7.14. The fourth-order valence-electron chi connectivity index (χ4n) is 4.73. The molecular weight excluding hydrogens is 279 g/mol. The molecule has 1 heterocycles. The normalized spacial score (nSPS) is 33.3. The Bertz CT molecular complexity index is 603. The minimum atomic E-state index is -0.207. The van der Waals surface area contributed by atoms with Crippen molar-refractivity contribution >= 4 is 5.91 Å². The number of benzene rings is 1. The van der Waals surface area contributed by atoms with E-state index in [0.29, 0.717) is 5.92 Å². The van der Waals surface area contributed by atoms with E-state index in [1.807, 2.05) is 6.07 Å². The van der Waals surface area contributed by atoms with Crippen LogP contribution in [0.1, 0.15) is 49.3 Å². The molecule has 3 nitrogen and oxygen atoms in total. The number of hydrogen-bond acceptors (Lipinski definition) is 2. The van der Waals surface area contributed by atoms with Gasteiger partial charge in [0, 0.05) is 6.54 Å². The summed E-state index contributed by atoms with van der Waals surface area (Å²) in [7, 11) is 0. The highest BCUT2D eigenvalue weighted by atomic mass is 19.1. The predicted octanol–water partition coefficient (Wildman–Crippen LogP) is 2.71. The van der Waals surface area contributed by atoms with Gasteiger partial charge in [-0.15, -0.1) is 0 Å². The number of halogens is 1. The van der Waals surface area contributed by atoms with Crippen molar-refractivity contribution < 1.29 is 9.18 Å². The van der Waals surface area contributed by atoms with Crippen LogP contribution < -0.4 is 10.6 Å². The molecule has 0 aromatic heterocycles. The third kappa shape index (κ3) is 2.16. The summed E-state index contributed by atoms with van der Waals surface area (Å²) in [6.07, 6.45) is 6.29. The van der Waals surface area contributed by atoms with Gasteiger partial charge in [-0.1, -0.05) is 18.9 Å². The molecule has 1 saturated carbocycles. The van der Waals surface area contributed by atoms with Crippen molar-refractivity contribution in [3.8, 4) is 0 Å². The predicted molar refractivity (Wildman–Crippen MR) is 82.9 cm³/mol. The van der Waals surface area contributed by atoms with Gasteiger partial charge in [0.1, 0.15) is 5.82 Å². The van der Waals surface area contributed by atoms with Crippen LogP contribution in [0.3, 0.4) is 0 Å². The molecule has 1 aliphatic heterocycles. The average molecular weight is 302 g/mol. The van der Waals surface area contributed by atoms with Crippen LogP contribution in [-0.4, -0.2) is 19.0 Å². The van der Waals surface area contributed by atoms with Gasteiger partial charge in [0.2, 0.25) is 5.91 Å². The zero-order valence-corrected chi connectivity index (χ0v) is 12.8. The van der Waals surface area contributed by atoms with E-state index in [0.717, 1.165) is 56.3 Å². The average Bonchev–Trinajstić information content (AvgIpc) is 3.12. The van der Waals surface area contributed by atoms with Crippen LogP contribution >= 0.6 is 0 Å². The fourth-order valence-corrected chi connectivity index (χ4v) is 4.73. The first-order chi connectivity index (χ1) is 10.7. The van der Waals surface area contributed by atoms with Gasteiger partial charge in [-0.3, -0.25) is 4.79 Å². The summed E-state index contributed by atoms with van der Waals surface area (Å²) < 4.78 is 13.3. The number of hydrogen-bond donors (Lipinski definition) is 2. The molecule has 1 amide bonds. The molecule has 4 rings (SSSR count). The maximum atomic E-state index is 13.3. The van der Waals surface area contributed by atoms with E-state index >= 15 is 0 Å². The summed E-state index contributed by atoms with van der Waals surface area (Å²) in [5.41, 5.74) is 1.94. The minimum Gasteiger partial charge on any atom is -0.349 e. The van der Waals surface area contributed by atoms with Gasteiger partial charge in [-0.05, 0) is 61.4 Å². The van der Waals surface area contributed by atoms with Gasteiger partial charge < -0.3 is 10.6 Å². The molecule has 2 N–H and O–H groups in total. The number of amides is 1. The lowest BCUT2D eigenvalue weighted by molar-refractivity contribution is -0.134. The molecule has 4 heteroatoms. The van der Waals surface area contributed by atoms with Crippen LogP contribution in [0.5, 0.6) is 0 Å². The Morgan fingerprint density at radius 2 is 2.23 bits per heavy atom. The second kappa shape index (κ2) is 5.34. The third-order valence-corrected chi connectivity index (χ3v) is 5.98. The zero-order chi connectivity index (χ0) is 15.2. The summed E-state index contributed by atoms with van der Waals surface area (Å²) in [6.45, 7) is 1.78. The number of carbonyl (C=O) groups excluding carboxylic acids is 1. The molecule has 22 heavy (non-hydrogen) atoms. The monoisotopic (exact) mass is 302 g/mol. The van der Waals surface area contributed by atoms with Crippen molar-refractivity contribution in [3.63, 3.8) is 0 Å². The molecule has 0 bridgehead atoms. The van der Waals surface area contributed by atoms with E-state index in [1.165, 1.54) is 12.5 Å². The molecule has 118 valence electrons. The summed E-state index contributed by atoms with van der Waals surface area (Å²) in [4.78, 5) is 13.0. The minimum absolute atomic E-state index is 0.0562. The highest BCUT2D eigenvalue weighted by Gasteiger charge is 2.50. The summed E-state index contributed by atoms with van der Waals surface area (Å²) in [6, 6.07) is 5.01. The molecule has 1 aromatic carbocycles. The van der Waals surface area contributed by atoms with Crippen molar-refractivity contribution in [1.29, 1.82) is 0 Å². The molecule has 0 spiro atoms. The van der Waals surface area contributed by atoms with Gasteiger partial charge in [0.05, 0.1) is 11.5 Å². The van der Waals surface area contributed by atoms with E-state index < -0.39 is 0 Å². The van der Waals surface area contributed by atoms with Gasteiger partial charge in [-0.2, -0.15) is 0 Å². The van der Waals surface area contributed by atoms with Crippen LogP contribution in [0.25, 0.3) is 0 Å². The first-order valence-electron chi connectivity index (χ1n) is 8.49. The van der Waals surface area contributed by atoms with Crippen LogP contribution in [0.15, 0.2) is 18.2 Å². The first kappa shape index (κ1) is 14.2. The van der Waals surface area contributed by atoms with Crippen LogP contribution in [0.4, 0.5) is 4.39 Å². The highest BCUT2D eigenvalue weighted by molar-refractivity contribution is 5.84. The van der Waals surface area contributed by atoms with E-state index in [1.54, 1.807) is 6.07 Å². The lowest BCUT2D eigenvalue weighted by Crippen LogP contribution is -2.48. The van der Waals surface area contributed by atoms with E-state index in [9.17, 15) is 9.18 Å². The highest BCUT2D eigenvalue weighted by Crippen LogP contribution is 2.44. The van der Waals surface area contributed by atoms with Gasteiger partial charge in [0.15, 0.2) is 0 Å². The largest absolute Gasteiger partial charge is 0.349 e. The Morgan fingerprint density at radius 1 is 1.32 bits per heavy atom. The number of aryl methyl sites for hydroxylation is 1. The van der Waals surface area contributed by atoms with Crippen LogP contribution in [0.2, 0.25) is 0 Å². The fraction of sp³-hybridized carbons (Fsp3) is 0.611. The van der Waals surface area contributed by atoms with Crippen LogP contribution in [0, 0.1) is 17.2 Å². The van der Waals surface area contributed by atoms with Gasteiger partial charge in [-0.25, -0.2) is 4.39 Å². The molecular formula is C18H23FN2O. The van der Waals surface area contributed by atoms with E-state index in [4.69, 9.17) is 0 Å². The van der Waals surface area contributed by atoms with Crippen molar-refractivity contribution in [2.75, 3.05) is 13.1 Å². The zero-order valence-electron chi connectivity index (χ0n) is 12.8. The van der Waals surface area contributed by atoms with E-state index in [-0.39, 0.29) is 23.2 Å². The summed E-state index contributed by atoms with van der Waals surface area (Å²) >= 11 is 0. The Morgan fingerprint density at radius 3 is 3.14 bits per heavy atom. The Labute approximate surface area is 130 Å². The molecule has 1 aromatic rings. The number of nitrogens with one attached hydrogen (secondary N) is 2. The molecule has 2 aliphatic carbocycles. The van der Waals surface area contributed by atoms with Crippen LogP contribution in [-0.2, 0) is 11.2 Å². The van der Waals surface area contributed by atoms with E-state index in [2.05, 4.69) is 10.6 Å². The molecule has 1 saturated heterocycles. The lowest BCUT2D eigenvalue weighted by atomic mass is 9.67. The smallest absolute Gasteiger partial charge is 0.228 e. The van der Waals surface area contributed by atoms with Crippen molar-refractivity contribution in [2.24, 2.45) is 11.3 Å². The first-order valence-corrected chi connectivity index (χ1v) is 8.49. The maximum Gasteiger partial charge on any atom is 0.228 e. The number of rotatable bonds is 2. The van der Waals surface area contributed by atoms with Gasteiger partial charge >= 0.3 is 0 Å². The number of carbonyl (C=O) groups is 1. The molecule has 0 radical (unpaired) electrons. The summed E-state index contributed by atoms with van der Waals surface area (Å²) in [5, 5.41) is 6.71. The molecule has 2 fully saturated rings. The van der Waals surface area contributed by atoms with Gasteiger partial charge in [0.25, 0.3) is 0 Å². The Balaban J connectivity index is 1.54. The molecule has 3 aliphatic rings. The maximum absolute atomic E-state index is 13.3. The van der Waals surface area contributed by atoms with Crippen molar-refractivity contribution in [1.82, 2.24) is 10.6 Å². The summed E-state index contributed by atoms with van der Waals surface area (Å²) in [5.74, 6) is 0.511. The lowest BCUT2D eigenvalue weighted by Gasteiger charge is -2.38. The second-order valence-electron chi connectivity index (χ2n) is 7.14. The Kier molecular flexibility index (Phi) is 3.44. The third-order valence-electron chi connectivity index (χ3n) is 5.98. The number of fused-ring (bicyclic) bond motifs is 2. The SMILES string of the molecule is O=C(NC1CCc2cc(F)ccc21)[C@@]12CCCC[C@H]1CNC2. The quantitative estimate of drug-likeness (QED) is 0.882. The van der Waals surface area contributed by atoms with Crippen molar-refractivity contribution in [3.05, 3.63) is 35.1 Å². The standard InChI is InChI=1S/C18H23FN2O/c19-14-5-6-15-12(9-14)4-7-16(15)21-17(22)18-8-2-1-3-13(18)10-20-11-18/h5-6,9,13,16,20H,1-4,7-8,10-11H2,(H,21,22)/t13-,16?,18+/m0/s1.